The Morgan fingerprint density at radius 2 is 2.08 bits per heavy atom. The molecule has 0 spiro atoms. The van der Waals surface area contributed by atoms with Crippen molar-refractivity contribution in [3.63, 3.8) is 0 Å². The van der Waals surface area contributed by atoms with Gasteiger partial charge in [0.1, 0.15) is 5.76 Å². The van der Waals surface area contributed by atoms with Crippen LogP contribution in [0.5, 0.6) is 0 Å². The molecule has 1 atom stereocenters. The van der Waals surface area contributed by atoms with E-state index in [1.807, 2.05) is 0 Å². The van der Waals surface area contributed by atoms with Crippen LogP contribution in [0.4, 0.5) is 0 Å². The van der Waals surface area contributed by atoms with Gasteiger partial charge in [-0.1, -0.05) is 0 Å². The van der Waals surface area contributed by atoms with Crippen molar-refractivity contribution in [1.29, 1.82) is 0 Å². The van der Waals surface area contributed by atoms with Gasteiger partial charge in [0, 0.05) is 12.0 Å². The van der Waals surface area contributed by atoms with E-state index in [1.54, 1.807) is 0 Å². The number of ketones is 2. The lowest BCUT2D eigenvalue weighted by molar-refractivity contribution is -0.154. The maximum Gasteiger partial charge on any atom is 0.376 e. The topological polar surface area (TPSA) is 80.7 Å². The first kappa shape index (κ1) is 7.97. The van der Waals surface area contributed by atoms with Gasteiger partial charge in [0.2, 0.25) is 11.9 Å². The van der Waals surface area contributed by atoms with Gasteiger partial charge in [-0.3, -0.25) is 9.59 Å². The van der Waals surface area contributed by atoms with E-state index in [9.17, 15) is 14.4 Å². The van der Waals surface area contributed by atoms with Crippen molar-refractivity contribution < 1.29 is 24.2 Å². The van der Waals surface area contributed by atoms with Gasteiger partial charge in [-0.05, 0) is 6.42 Å². The average Bonchev–Trinajstić information content (AvgIpc) is 2.21. The Balaban J connectivity index is 2.19. The molecule has 1 aliphatic heterocycles. The quantitative estimate of drug-likeness (QED) is 0.466. The third-order valence-corrected chi connectivity index (χ3v) is 2.18. The summed E-state index contributed by atoms with van der Waals surface area (Å²) in [4.78, 5) is 32.4. The van der Waals surface area contributed by atoms with Crippen LogP contribution in [0.3, 0.4) is 0 Å². The van der Waals surface area contributed by atoms with Crippen molar-refractivity contribution in [1.82, 2.24) is 0 Å². The molecule has 0 aromatic carbocycles. The van der Waals surface area contributed by atoms with Crippen molar-refractivity contribution in [3.8, 4) is 0 Å². The monoisotopic (exact) mass is 182 g/mol. The number of hydrogen-bond acceptors (Lipinski definition) is 4. The normalized spacial score (nSPS) is 24.9. The molecule has 2 aliphatic rings. The number of Topliss-reactive ketones (excluding diaryl/α,β-unsaturated/α-hetero) is 2. The molecule has 13 heavy (non-hydrogen) atoms. The van der Waals surface area contributed by atoms with E-state index >= 15 is 0 Å². The SMILES string of the molecule is O=C(O)C(=O)C1OC2=C(CC2)C1=O. The Bertz CT molecular complexity index is 352. The summed E-state index contributed by atoms with van der Waals surface area (Å²) in [6.45, 7) is 0. The molecule has 1 heterocycles. The van der Waals surface area contributed by atoms with Crippen LogP contribution in [0.2, 0.25) is 0 Å². The molecule has 0 bridgehead atoms. The second-order valence-electron chi connectivity index (χ2n) is 2.93. The van der Waals surface area contributed by atoms with Gasteiger partial charge in [0.15, 0.2) is 0 Å². The minimum absolute atomic E-state index is 0.478. The number of carbonyl (C=O) groups excluding carboxylic acids is 2. The number of carboxylic acid groups (broad SMARTS) is 1. The standard InChI is InChI=1S/C8H6O5/c9-5-3-1-2-4(3)13-7(5)6(10)8(11)12/h7H,1-2H2,(H,11,12). The molecule has 0 aromatic heterocycles. The second-order valence-corrected chi connectivity index (χ2v) is 2.93. The molecule has 1 aliphatic carbocycles. The third-order valence-electron chi connectivity index (χ3n) is 2.18. The number of carboxylic acids is 1. The fourth-order valence-corrected chi connectivity index (χ4v) is 1.38. The van der Waals surface area contributed by atoms with Gasteiger partial charge >= 0.3 is 5.97 Å². The van der Waals surface area contributed by atoms with Crippen LogP contribution in [0.1, 0.15) is 12.8 Å². The predicted octanol–water partition coefficient (Wildman–Crippen LogP) is -0.344. The number of carbonyl (C=O) groups is 3. The Labute approximate surface area is 73.0 Å². The zero-order valence-electron chi connectivity index (χ0n) is 6.57. The number of ether oxygens (including phenoxy) is 1. The Morgan fingerprint density at radius 3 is 2.38 bits per heavy atom. The van der Waals surface area contributed by atoms with Crippen molar-refractivity contribution in [3.05, 3.63) is 11.3 Å². The van der Waals surface area contributed by atoms with Gasteiger partial charge in [-0.2, -0.15) is 0 Å². The van der Waals surface area contributed by atoms with Gasteiger partial charge in [0.25, 0.3) is 5.78 Å². The molecule has 1 N–H and O–H groups in total. The lowest BCUT2D eigenvalue weighted by Gasteiger charge is -2.11. The number of hydrogen-bond donors (Lipinski definition) is 1. The highest BCUT2D eigenvalue weighted by Gasteiger charge is 2.45. The molecule has 5 heteroatoms. The Morgan fingerprint density at radius 1 is 1.38 bits per heavy atom. The zero-order chi connectivity index (χ0) is 9.59. The highest BCUT2D eigenvalue weighted by atomic mass is 16.5. The molecule has 1 unspecified atom stereocenters. The fraction of sp³-hybridized carbons (Fsp3) is 0.375. The maximum absolute atomic E-state index is 11.2. The van der Waals surface area contributed by atoms with Crippen LogP contribution in [-0.2, 0) is 19.1 Å². The highest BCUT2D eigenvalue weighted by molar-refractivity contribution is 6.40. The first-order chi connectivity index (χ1) is 6.11. The van der Waals surface area contributed by atoms with E-state index in [2.05, 4.69) is 0 Å². The molecule has 2 rings (SSSR count). The van der Waals surface area contributed by atoms with E-state index in [-0.39, 0.29) is 0 Å². The summed E-state index contributed by atoms with van der Waals surface area (Å²) >= 11 is 0. The van der Waals surface area contributed by atoms with Crippen LogP contribution < -0.4 is 0 Å². The fourth-order valence-electron chi connectivity index (χ4n) is 1.38. The van der Waals surface area contributed by atoms with Crippen molar-refractivity contribution >= 4 is 17.5 Å². The van der Waals surface area contributed by atoms with Crippen LogP contribution in [0, 0.1) is 0 Å². The van der Waals surface area contributed by atoms with Gasteiger partial charge in [-0.25, -0.2) is 4.79 Å². The van der Waals surface area contributed by atoms with Crippen molar-refractivity contribution in [2.24, 2.45) is 0 Å². The lowest BCUT2D eigenvalue weighted by atomic mass is 9.92. The molecule has 0 aromatic rings. The smallest absolute Gasteiger partial charge is 0.376 e. The Kier molecular flexibility index (Phi) is 1.48. The molecule has 0 amide bonds. The summed E-state index contributed by atoms with van der Waals surface area (Å²) < 4.78 is 4.90. The predicted molar refractivity (Wildman–Crippen MR) is 38.8 cm³/mol. The molecule has 68 valence electrons. The van der Waals surface area contributed by atoms with E-state index < -0.39 is 23.6 Å². The summed E-state index contributed by atoms with van der Waals surface area (Å²) in [5.74, 6) is -2.79. The molecule has 0 saturated carbocycles. The van der Waals surface area contributed by atoms with Crippen molar-refractivity contribution in [2.75, 3.05) is 0 Å². The van der Waals surface area contributed by atoms with E-state index in [1.165, 1.54) is 0 Å². The largest absolute Gasteiger partial charge is 0.478 e. The molecular formula is C8H6O5. The zero-order valence-corrected chi connectivity index (χ0v) is 6.57. The summed E-state index contributed by atoms with van der Waals surface area (Å²) in [5, 5.41) is 8.35. The molecular weight excluding hydrogens is 176 g/mol. The first-order valence-corrected chi connectivity index (χ1v) is 3.81. The minimum Gasteiger partial charge on any atom is -0.478 e. The Hall–Kier alpha value is -1.65. The first-order valence-electron chi connectivity index (χ1n) is 3.81. The van der Waals surface area contributed by atoms with Gasteiger partial charge in [-0.15, -0.1) is 0 Å². The van der Waals surface area contributed by atoms with Gasteiger partial charge in [0.05, 0.1) is 0 Å². The van der Waals surface area contributed by atoms with Gasteiger partial charge < -0.3 is 9.84 Å². The molecule has 5 nitrogen and oxygen atoms in total. The van der Waals surface area contributed by atoms with Crippen molar-refractivity contribution in [2.45, 2.75) is 18.9 Å². The summed E-state index contributed by atoms with van der Waals surface area (Å²) in [7, 11) is 0. The van der Waals surface area contributed by atoms with Crippen LogP contribution in [0.15, 0.2) is 11.3 Å². The van der Waals surface area contributed by atoms with E-state index in [0.717, 1.165) is 0 Å². The number of rotatable bonds is 2. The lowest BCUT2D eigenvalue weighted by Crippen LogP contribution is -2.33. The molecule has 0 radical (unpaired) electrons. The van der Waals surface area contributed by atoms with E-state index in [4.69, 9.17) is 9.84 Å². The minimum atomic E-state index is -1.62. The molecule has 0 fully saturated rings. The third kappa shape index (κ3) is 0.965. The maximum atomic E-state index is 11.2. The summed E-state index contributed by atoms with van der Waals surface area (Å²) in [6.07, 6.45) is -0.188. The highest BCUT2D eigenvalue weighted by Crippen LogP contribution is 2.37. The number of aliphatic carboxylic acids is 1. The van der Waals surface area contributed by atoms with E-state index in [0.29, 0.717) is 24.2 Å². The molecule has 0 saturated heterocycles. The van der Waals surface area contributed by atoms with Crippen LogP contribution in [0.25, 0.3) is 0 Å². The summed E-state index contributed by atoms with van der Waals surface area (Å²) in [6, 6.07) is 0. The summed E-state index contributed by atoms with van der Waals surface area (Å²) in [5.41, 5.74) is 0.486. The average molecular weight is 182 g/mol. The van der Waals surface area contributed by atoms with Crippen LogP contribution in [-0.4, -0.2) is 28.7 Å². The number of allylic oxidation sites excluding steroid dienone is 1. The second kappa shape index (κ2) is 2.42. The van der Waals surface area contributed by atoms with Crippen LogP contribution >= 0.6 is 0 Å².